The van der Waals surface area contributed by atoms with Crippen molar-refractivity contribution in [2.75, 3.05) is 13.1 Å². The minimum atomic E-state index is -0.469. The first-order valence-corrected chi connectivity index (χ1v) is 5.93. The van der Waals surface area contributed by atoms with Crippen LogP contribution < -0.4 is 16.0 Å². The highest BCUT2D eigenvalue weighted by Crippen LogP contribution is 1.86. The second-order valence-corrected chi connectivity index (χ2v) is 3.79. The van der Waals surface area contributed by atoms with E-state index in [4.69, 9.17) is 0 Å². The Morgan fingerprint density at radius 1 is 1.44 bits per heavy atom. The molecule has 0 spiro atoms. The van der Waals surface area contributed by atoms with Gasteiger partial charge < -0.3 is 10.6 Å². The Balaban J connectivity index is 2.21. The monoisotopic (exact) mass is 253 g/mol. The summed E-state index contributed by atoms with van der Waals surface area (Å²) >= 11 is 0. The van der Waals surface area contributed by atoms with Gasteiger partial charge in [0.25, 0.3) is 0 Å². The Kier molecular flexibility index (Phi) is 5.86. The maximum Gasteiger partial charge on any atom is 0.321 e. The van der Waals surface area contributed by atoms with E-state index in [-0.39, 0.29) is 5.91 Å². The summed E-state index contributed by atoms with van der Waals surface area (Å²) in [5, 5.41) is 11.8. The molecule has 1 aromatic rings. The normalized spacial score (nSPS) is 11.9. The fourth-order valence-corrected chi connectivity index (χ4v) is 1.35. The lowest BCUT2D eigenvalue weighted by Gasteiger charge is -2.13. The number of urea groups is 1. The minimum Gasteiger partial charge on any atom is -0.338 e. The summed E-state index contributed by atoms with van der Waals surface area (Å²) in [5.74, 6) is -0.346. The predicted molar refractivity (Wildman–Crippen MR) is 66.9 cm³/mol. The first-order chi connectivity index (χ1) is 8.63. The first-order valence-electron chi connectivity index (χ1n) is 5.93. The molecular weight excluding hydrogens is 234 g/mol. The first kappa shape index (κ1) is 14.2. The van der Waals surface area contributed by atoms with Gasteiger partial charge in [0, 0.05) is 25.5 Å². The Hall–Kier alpha value is -1.89. The molecule has 1 aromatic heterocycles. The summed E-state index contributed by atoms with van der Waals surface area (Å²) in [7, 11) is 0. The van der Waals surface area contributed by atoms with Crippen LogP contribution in [0.4, 0.5) is 4.79 Å². The number of hydrogen-bond donors (Lipinski definition) is 3. The molecule has 7 nitrogen and oxygen atoms in total. The number of hydrogen-bond acceptors (Lipinski definition) is 4. The highest BCUT2D eigenvalue weighted by Gasteiger charge is 2.14. The number of imide groups is 1. The molecule has 0 saturated heterocycles. The number of carbonyl (C=O) groups excluding carboxylic acids is 2. The summed E-state index contributed by atoms with van der Waals surface area (Å²) in [6.07, 6.45) is 3.55. The Labute approximate surface area is 106 Å². The van der Waals surface area contributed by atoms with E-state index in [0.717, 1.165) is 0 Å². The molecule has 1 atom stereocenters. The van der Waals surface area contributed by atoms with E-state index in [0.29, 0.717) is 19.6 Å². The quantitative estimate of drug-likeness (QED) is 0.650. The molecule has 0 aliphatic carbocycles. The van der Waals surface area contributed by atoms with Crippen molar-refractivity contribution in [3.63, 3.8) is 0 Å². The zero-order valence-corrected chi connectivity index (χ0v) is 10.6. The van der Waals surface area contributed by atoms with Gasteiger partial charge in [0.15, 0.2) is 0 Å². The Morgan fingerprint density at radius 2 is 2.22 bits per heavy atom. The minimum absolute atomic E-state index is 0.346. The SMILES string of the molecule is CCNC(=O)NC(=O)C(C)NCCn1cccn1. The van der Waals surface area contributed by atoms with Crippen molar-refractivity contribution < 1.29 is 9.59 Å². The van der Waals surface area contributed by atoms with Crippen LogP contribution in [0.2, 0.25) is 0 Å². The molecule has 18 heavy (non-hydrogen) atoms. The molecule has 0 bridgehead atoms. The maximum absolute atomic E-state index is 11.6. The standard InChI is InChI=1S/C11H19N5O2/c1-3-12-11(18)15-10(17)9(2)13-6-8-16-7-4-5-14-16/h4-5,7,9,13H,3,6,8H2,1-2H3,(H2,12,15,17,18). The summed E-state index contributed by atoms with van der Waals surface area (Å²) in [4.78, 5) is 22.7. The Bertz CT molecular complexity index is 377. The predicted octanol–water partition coefficient (Wildman–Crippen LogP) is -0.293. The van der Waals surface area contributed by atoms with Crippen LogP contribution >= 0.6 is 0 Å². The fraction of sp³-hybridized carbons (Fsp3) is 0.545. The molecule has 3 N–H and O–H groups in total. The van der Waals surface area contributed by atoms with E-state index in [2.05, 4.69) is 21.0 Å². The molecule has 0 aromatic carbocycles. The van der Waals surface area contributed by atoms with Crippen LogP contribution in [0.3, 0.4) is 0 Å². The summed E-state index contributed by atoms with van der Waals surface area (Å²) in [6, 6.07) is 0.942. The van der Waals surface area contributed by atoms with Gasteiger partial charge in [-0.05, 0) is 19.9 Å². The highest BCUT2D eigenvalue weighted by molar-refractivity contribution is 5.96. The number of nitrogens with one attached hydrogen (secondary N) is 3. The van der Waals surface area contributed by atoms with Gasteiger partial charge in [-0.25, -0.2) is 4.79 Å². The van der Waals surface area contributed by atoms with Crippen molar-refractivity contribution in [1.82, 2.24) is 25.7 Å². The van der Waals surface area contributed by atoms with Crippen molar-refractivity contribution in [3.05, 3.63) is 18.5 Å². The van der Waals surface area contributed by atoms with Gasteiger partial charge in [-0.3, -0.25) is 14.8 Å². The van der Waals surface area contributed by atoms with Crippen molar-refractivity contribution >= 4 is 11.9 Å². The molecule has 100 valence electrons. The van der Waals surface area contributed by atoms with Crippen LogP contribution in [-0.2, 0) is 11.3 Å². The van der Waals surface area contributed by atoms with Gasteiger partial charge in [0.2, 0.25) is 5.91 Å². The van der Waals surface area contributed by atoms with Gasteiger partial charge in [-0.1, -0.05) is 0 Å². The van der Waals surface area contributed by atoms with E-state index in [9.17, 15) is 9.59 Å². The summed E-state index contributed by atoms with van der Waals surface area (Å²) < 4.78 is 1.77. The van der Waals surface area contributed by atoms with E-state index >= 15 is 0 Å². The third-order valence-corrected chi connectivity index (χ3v) is 2.32. The molecule has 0 aliphatic rings. The van der Waals surface area contributed by atoms with Crippen LogP contribution in [0.5, 0.6) is 0 Å². The third kappa shape index (κ3) is 4.96. The molecule has 7 heteroatoms. The number of carbonyl (C=O) groups is 2. The van der Waals surface area contributed by atoms with Crippen molar-refractivity contribution in [2.45, 2.75) is 26.4 Å². The molecule has 1 heterocycles. The van der Waals surface area contributed by atoms with E-state index in [1.807, 2.05) is 12.3 Å². The number of aromatic nitrogens is 2. The van der Waals surface area contributed by atoms with E-state index in [1.165, 1.54) is 0 Å². The number of nitrogens with zero attached hydrogens (tertiary/aromatic N) is 2. The molecule has 1 unspecified atom stereocenters. The average molecular weight is 253 g/mol. The molecule has 0 aliphatic heterocycles. The van der Waals surface area contributed by atoms with Gasteiger partial charge in [0.1, 0.15) is 0 Å². The largest absolute Gasteiger partial charge is 0.338 e. The molecule has 0 saturated carbocycles. The lowest BCUT2D eigenvalue weighted by molar-refractivity contribution is -0.121. The van der Waals surface area contributed by atoms with Gasteiger partial charge >= 0.3 is 6.03 Å². The van der Waals surface area contributed by atoms with Gasteiger partial charge in [0.05, 0.1) is 12.6 Å². The lowest BCUT2D eigenvalue weighted by atomic mass is 10.3. The summed E-state index contributed by atoms with van der Waals surface area (Å²) in [6.45, 7) is 5.26. The van der Waals surface area contributed by atoms with Crippen LogP contribution in [0.25, 0.3) is 0 Å². The zero-order chi connectivity index (χ0) is 13.4. The van der Waals surface area contributed by atoms with Crippen LogP contribution in [0.15, 0.2) is 18.5 Å². The van der Waals surface area contributed by atoms with Crippen LogP contribution in [-0.4, -0.2) is 40.9 Å². The van der Waals surface area contributed by atoms with Gasteiger partial charge in [-0.15, -0.1) is 0 Å². The second-order valence-electron chi connectivity index (χ2n) is 3.79. The topological polar surface area (TPSA) is 88.0 Å². The highest BCUT2D eigenvalue weighted by atomic mass is 16.2. The lowest BCUT2D eigenvalue weighted by Crippen LogP contribution is -2.48. The van der Waals surface area contributed by atoms with E-state index in [1.54, 1.807) is 24.7 Å². The van der Waals surface area contributed by atoms with Crippen molar-refractivity contribution in [2.24, 2.45) is 0 Å². The van der Waals surface area contributed by atoms with Crippen LogP contribution in [0, 0.1) is 0 Å². The molecule has 0 radical (unpaired) electrons. The van der Waals surface area contributed by atoms with Gasteiger partial charge in [-0.2, -0.15) is 5.10 Å². The van der Waals surface area contributed by atoms with Crippen molar-refractivity contribution in [3.8, 4) is 0 Å². The van der Waals surface area contributed by atoms with E-state index < -0.39 is 12.1 Å². The smallest absolute Gasteiger partial charge is 0.321 e. The Morgan fingerprint density at radius 3 is 2.83 bits per heavy atom. The molecule has 1 rings (SSSR count). The number of rotatable bonds is 6. The second kappa shape index (κ2) is 7.44. The molecule has 0 fully saturated rings. The number of amides is 3. The summed E-state index contributed by atoms with van der Waals surface area (Å²) in [5.41, 5.74) is 0. The maximum atomic E-state index is 11.6. The van der Waals surface area contributed by atoms with Crippen molar-refractivity contribution in [1.29, 1.82) is 0 Å². The van der Waals surface area contributed by atoms with Crippen LogP contribution in [0.1, 0.15) is 13.8 Å². The third-order valence-electron chi connectivity index (χ3n) is 2.32. The molecular formula is C11H19N5O2. The zero-order valence-electron chi connectivity index (χ0n) is 10.6. The average Bonchev–Trinajstić information content (AvgIpc) is 2.82. The fourth-order valence-electron chi connectivity index (χ4n) is 1.35. The molecule has 3 amide bonds.